The fraction of sp³-hybridized carbons (Fsp3) is 0.458. The fourth-order valence-electron chi connectivity index (χ4n) is 3.69. The fourth-order valence-corrected chi connectivity index (χ4v) is 5.25. The maximum atomic E-state index is 12.9. The third-order valence-corrected chi connectivity index (χ3v) is 7.57. The maximum Gasteiger partial charge on any atom is 0.251 e. The van der Waals surface area contributed by atoms with Gasteiger partial charge in [0, 0.05) is 18.7 Å². The molecule has 30 heavy (non-hydrogen) atoms. The lowest BCUT2D eigenvalue weighted by Crippen LogP contribution is -2.35. The first-order valence-corrected chi connectivity index (χ1v) is 12.0. The summed E-state index contributed by atoms with van der Waals surface area (Å²) >= 11 is 0. The van der Waals surface area contributed by atoms with Gasteiger partial charge in [-0.3, -0.25) is 4.79 Å². The normalized spacial score (nSPS) is 16.8. The van der Waals surface area contributed by atoms with Gasteiger partial charge < -0.3 is 5.32 Å². The molecule has 3 rings (SSSR count). The van der Waals surface area contributed by atoms with Gasteiger partial charge in [-0.25, -0.2) is 8.42 Å². The molecule has 6 heteroatoms. The molecule has 2 aromatic carbocycles. The second-order valence-electron chi connectivity index (χ2n) is 9.06. The number of rotatable bonds is 5. The molecular formula is C24H32N2O3S. The molecule has 1 fully saturated rings. The highest BCUT2D eigenvalue weighted by Crippen LogP contribution is 2.25. The van der Waals surface area contributed by atoms with E-state index in [1.54, 1.807) is 18.2 Å². The Kier molecular flexibility index (Phi) is 6.68. The van der Waals surface area contributed by atoms with Crippen molar-refractivity contribution in [1.29, 1.82) is 0 Å². The van der Waals surface area contributed by atoms with E-state index in [1.807, 2.05) is 19.1 Å². The molecule has 1 heterocycles. The van der Waals surface area contributed by atoms with Crippen molar-refractivity contribution in [1.82, 2.24) is 9.62 Å². The summed E-state index contributed by atoms with van der Waals surface area (Å²) in [4.78, 5) is 13.0. The minimum absolute atomic E-state index is 0.0747. The molecule has 1 N–H and O–H groups in total. The first-order chi connectivity index (χ1) is 14.1. The Bertz CT molecular complexity index is 986. The van der Waals surface area contributed by atoms with Gasteiger partial charge in [0.2, 0.25) is 10.0 Å². The van der Waals surface area contributed by atoms with Gasteiger partial charge in [-0.1, -0.05) is 57.5 Å². The van der Waals surface area contributed by atoms with Gasteiger partial charge >= 0.3 is 0 Å². The number of benzene rings is 2. The second kappa shape index (κ2) is 8.90. The highest BCUT2D eigenvalue weighted by atomic mass is 32.2. The van der Waals surface area contributed by atoms with E-state index in [2.05, 4.69) is 38.2 Å². The van der Waals surface area contributed by atoms with Crippen LogP contribution >= 0.6 is 0 Å². The van der Waals surface area contributed by atoms with Crippen LogP contribution in [0.1, 0.15) is 74.5 Å². The van der Waals surface area contributed by atoms with Crippen LogP contribution in [-0.4, -0.2) is 31.7 Å². The average molecular weight is 429 g/mol. The van der Waals surface area contributed by atoms with Gasteiger partial charge in [0.05, 0.1) is 10.9 Å². The maximum absolute atomic E-state index is 12.9. The number of hydrogen-bond donors (Lipinski definition) is 1. The van der Waals surface area contributed by atoms with Crippen molar-refractivity contribution < 1.29 is 13.2 Å². The molecule has 1 saturated heterocycles. The third-order valence-electron chi connectivity index (χ3n) is 5.67. The van der Waals surface area contributed by atoms with Gasteiger partial charge in [0.25, 0.3) is 5.91 Å². The predicted molar refractivity (Wildman–Crippen MR) is 120 cm³/mol. The molecule has 5 nitrogen and oxygen atoms in total. The van der Waals surface area contributed by atoms with Crippen molar-refractivity contribution in [2.24, 2.45) is 0 Å². The molecule has 0 spiro atoms. The zero-order chi connectivity index (χ0) is 21.9. The highest BCUT2D eigenvalue weighted by Gasteiger charge is 2.26. The Labute approximate surface area is 180 Å². The SMILES string of the molecule is C[C@H](NC(=O)c1cccc(S(=O)(=O)N2CCCCC2)c1)c1ccc(C(C)(C)C)cc1. The minimum Gasteiger partial charge on any atom is -0.346 e. The number of amides is 1. The predicted octanol–water partition coefficient (Wildman–Crippen LogP) is 4.65. The van der Waals surface area contributed by atoms with E-state index < -0.39 is 10.0 Å². The van der Waals surface area contributed by atoms with E-state index in [1.165, 1.54) is 15.9 Å². The van der Waals surface area contributed by atoms with Gasteiger partial charge in [-0.2, -0.15) is 4.31 Å². The molecule has 1 aliphatic heterocycles. The van der Waals surface area contributed by atoms with Crippen LogP contribution < -0.4 is 5.32 Å². The molecule has 162 valence electrons. The number of nitrogens with zero attached hydrogens (tertiary/aromatic N) is 1. The molecule has 1 aliphatic rings. The van der Waals surface area contributed by atoms with Crippen LogP contribution in [0.4, 0.5) is 0 Å². The second-order valence-corrected chi connectivity index (χ2v) is 11.0. The van der Waals surface area contributed by atoms with Crippen molar-refractivity contribution in [2.45, 2.75) is 63.3 Å². The number of piperidine rings is 1. The number of carbonyl (C=O) groups is 1. The largest absolute Gasteiger partial charge is 0.346 e. The van der Waals surface area contributed by atoms with E-state index in [4.69, 9.17) is 0 Å². The van der Waals surface area contributed by atoms with E-state index in [0.29, 0.717) is 18.7 Å². The Morgan fingerprint density at radius 3 is 2.23 bits per heavy atom. The van der Waals surface area contributed by atoms with E-state index in [9.17, 15) is 13.2 Å². The van der Waals surface area contributed by atoms with Gasteiger partial charge in [-0.15, -0.1) is 0 Å². The summed E-state index contributed by atoms with van der Waals surface area (Å²) in [6.07, 6.45) is 2.82. The van der Waals surface area contributed by atoms with Crippen molar-refractivity contribution in [3.05, 3.63) is 65.2 Å². The van der Waals surface area contributed by atoms with Crippen LogP contribution in [0, 0.1) is 0 Å². The van der Waals surface area contributed by atoms with Crippen molar-refractivity contribution in [2.75, 3.05) is 13.1 Å². The Hall–Kier alpha value is -2.18. The molecule has 1 amide bonds. The van der Waals surface area contributed by atoms with Crippen molar-refractivity contribution in [3.63, 3.8) is 0 Å². The summed E-state index contributed by atoms with van der Waals surface area (Å²) in [6, 6.07) is 14.4. The molecule has 0 bridgehead atoms. The standard InChI is InChI=1S/C24H32N2O3S/c1-18(19-11-13-21(14-12-19)24(2,3)4)25-23(27)20-9-8-10-22(17-20)30(28,29)26-15-6-5-7-16-26/h8-14,17-18H,5-7,15-16H2,1-4H3,(H,25,27)/t18-/m0/s1. The van der Waals surface area contributed by atoms with E-state index in [0.717, 1.165) is 24.8 Å². The van der Waals surface area contributed by atoms with Gasteiger partial charge in [0.1, 0.15) is 0 Å². The molecule has 0 aromatic heterocycles. The zero-order valence-electron chi connectivity index (χ0n) is 18.3. The molecular weight excluding hydrogens is 396 g/mol. The lowest BCUT2D eigenvalue weighted by Gasteiger charge is -2.26. The quantitative estimate of drug-likeness (QED) is 0.754. The summed E-state index contributed by atoms with van der Waals surface area (Å²) in [5, 5.41) is 2.98. The average Bonchev–Trinajstić information content (AvgIpc) is 2.74. The lowest BCUT2D eigenvalue weighted by molar-refractivity contribution is 0.0939. The van der Waals surface area contributed by atoms with Crippen molar-refractivity contribution in [3.8, 4) is 0 Å². The minimum atomic E-state index is -3.56. The lowest BCUT2D eigenvalue weighted by atomic mass is 9.86. The smallest absolute Gasteiger partial charge is 0.251 e. The van der Waals surface area contributed by atoms with Gasteiger partial charge in [0.15, 0.2) is 0 Å². The molecule has 0 aliphatic carbocycles. The van der Waals surface area contributed by atoms with Gasteiger partial charge in [-0.05, 0) is 54.5 Å². The first-order valence-electron chi connectivity index (χ1n) is 10.6. The Morgan fingerprint density at radius 1 is 1.00 bits per heavy atom. The number of sulfonamides is 1. The zero-order valence-corrected chi connectivity index (χ0v) is 19.1. The summed E-state index contributed by atoms with van der Waals surface area (Å²) in [6.45, 7) is 9.51. The topological polar surface area (TPSA) is 66.5 Å². The van der Waals surface area contributed by atoms with Crippen LogP contribution in [0.3, 0.4) is 0 Å². The summed E-state index contributed by atoms with van der Waals surface area (Å²) in [5.41, 5.74) is 2.67. The van der Waals surface area contributed by atoms with E-state index >= 15 is 0 Å². The van der Waals surface area contributed by atoms with Crippen LogP contribution in [0.2, 0.25) is 0 Å². The molecule has 1 atom stereocenters. The first kappa shape index (κ1) is 22.5. The number of hydrogen-bond acceptors (Lipinski definition) is 3. The third kappa shape index (κ3) is 5.10. The monoisotopic (exact) mass is 428 g/mol. The molecule has 2 aromatic rings. The van der Waals surface area contributed by atoms with Crippen LogP contribution in [0.5, 0.6) is 0 Å². The van der Waals surface area contributed by atoms with Crippen molar-refractivity contribution >= 4 is 15.9 Å². The van der Waals surface area contributed by atoms with Crippen LogP contribution in [0.25, 0.3) is 0 Å². The summed E-state index contributed by atoms with van der Waals surface area (Å²) in [7, 11) is -3.56. The highest BCUT2D eigenvalue weighted by molar-refractivity contribution is 7.89. The molecule has 0 radical (unpaired) electrons. The number of nitrogens with one attached hydrogen (secondary N) is 1. The molecule has 0 saturated carbocycles. The molecule has 0 unspecified atom stereocenters. The summed E-state index contributed by atoms with van der Waals surface area (Å²) < 4.78 is 27.3. The summed E-state index contributed by atoms with van der Waals surface area (Å²) in [5.74, 6) is -0.280. The van der Waals surface area contributed by atoms with E-state index in [-0.39, 0.29) is 22.3 Å². The number of carbonyl (C=O) groups excluding carboxylic acids is 1. The van der Waals surface area contributed by atoms with Crippen LogP contribution in [0.15, 0.2) is 53.4 Å². The Morgan fingerprint density at radius 2 is 1.63 bits per heavy atom. The Balaban J connectivity index is 1.73. The van der Waals surface area contributed by atoms with Crippen LogP contribution in [-0.2, 0) is 15.4 Å².